The number of aliphatic hydroxyl groups excluding tert-OH is 1. The predicted octanol–water partition coefficient (Wildman–Crippen LogP) is 2.63. The number of carbonyl (C=O) groups excluding carboxylic acids is 1. The van der Waals surface area contributed by atoms with Crippen LogP contribution in [0.3, 0.4) is 0 Å². The van der Waals surface area contributed by atoms with E-state index in [0.29, 0.717) is 11.3 Å². The van der Waals surface area contributed by atoms with Crippen LogP contribution >= 0.6 is 0 Å². The number of para-hydroxylation sites is 1. The SMILES string of the molecule is CCOC(O)=C1NN(Cc2ccccc2[N+](=O)[O-])N(Cc2ccc(OC)cc2)C1=O. The van der Waals surface area contributed by atoms with E-state index in [1.165, 1.54) is 16.2 Å². The van der Waals surface area contributed by atoms with Crippen LogP contribution in [-0.2, 0) is 22.6 Å². The minimum absolute atomic E-state index is 0.0158. The predicted molar refractivity (Wildman–Crippen MR) is 107 cm³/mol. The van der Waals surface area contributed by atoms with E-state index in [1.54, 1.807) is 56.5 Å². The van der Waals surface area contributed by atoms with Crippen molar-refractivity contribution in [2.24, 2.45) is 0 Å². The Labute approximate surface area is 173 Å². The number of ether oxygens (including phenoxy) is 2. The molecule has 2 aromatic carbocycles. The minimum atomic E-state index is -0.535. The lowest BCUT2D eigenvalue weighted by atomic mass is 10.2. The Hall–Kier alpha value is -3.79. The number of hydrazine groups is 2. The molecule has 0 atom stereocenters. The van der Waals surface area contributed by atoms with Crippen molar-refractivity contribution < 1.29 is 24.3 Å². The Morgan fingerprint density at radius 1 is 1.17 bits per heavy atom. The number of methoxy groups -OCH3 is 1. The number of nitrogens with one attached hydrogen (secondary N) is 1. The summed E-state index contributed by atoms with van der Waals surface area (Å²) in [5.74, 6) is -0.376. The van der Waals surface area contributed by atoms with Crippen molar-refractivity contribution in [3.05, 3.63) is 81.4 Å². The van der Waals surface area contributed by atoms with Gasteiger partial charge in [-0.3, -0.25) is 20.3 Å². The number of nitro groups is 1. The zero-order chi connectivity index (χ0) is 21.7. The molecule has 1 saturated heterocycles. The molecule has 0 bridgehead atoms. The van der Waals surface area contributed by atoms with Gasteiger partial charge in [0.05, 0.1) is 31.7 Å². The van der Waals surface area contributed by atoms with Gasteiger partial charge >= 0.3 is 5.95 Å². The summed E-state index contributed by atoms with van der Waals surface area (Å²) in [6.45, 7) is 2.03. The lowest BCUT2D eigenvalue weighted by molar-refractivity contribution is -0.385. The number of rotatable bonds is 8. The van der Waals surface area contributed by atoms with Gasteiger partial charge in [-0.2, -0.15) is 0 Å². The molecule has 0 radical (unpaired) electrons. The highest BCUT2D eigenvalue weighted by molar-refractivity contribution is 5.94. The molecule has 1 aliphatic rings. The Kier molecular flexibility index (Phi) is 6.38. The van der Waals surface area contributed by atoms with Gasteiger partial charge in [0.2, 0.25) is 0 Å². The molecule has 0 spiro atoms. The molecule has 10 heteroatoms. The van der Waals surface area contributed by atoms with Gasteiger partial charge in [-0.05, 0) is 24.6 Å². The molecule has 1 aliphatic heterocycles. The molecule has 30 heavy (non-hydrogen) atoms. The third kappa shape index (κ3) is 4.44. The highest BCUT2D eigenvalue weighted by atomic mass is 16.6. The van der Waals surface area contributed by atoms with Crippen LogP contribution < -0.4 is 10.2 Å². The number of carbonyl (C=O) groups is 1. The van der Waals surface area contributed by atoms with Crippen molar-refractivity contribution >= 4 is 11.6 Å². The Morgan fingerprint density at radius 2 is 1.87 bits per heavy atom. The van der Waals surface area contributed by atoms with Crippen LogP contribution in [0.1, 0.15) is 18.1 Å². The smallest absolute Gasteiger partial charge is 0.308 e. The average Bonchev–Trinajstić information content (AvgIpc) is 3.04. The zero-order valence-electron chi connectivity index (χ0n) is 16.6. The largest absolute Gasteiger partial charge is 0.497 e. The maximum absolute atomic E-state index is 12.9. The normalized spacial score (nSPS) is 15.7. The Morgan fingerprint density at radius 3 is 2.50 bits per heavy atom. The van der Waals surface area contributed by atoms with Crippen LogP contribution in [0.25, 0.3) is 0 Å². The summed E-state index contributed by atoms with van der Waals surface area (Å²) in [7, 11) is 1.56. The third-order valence-electron chi connectivity index (χ3n) is 4.48. The standard InChI is InChI=1S/C20H22N4O6/c1-3-30-20(26)18-19(25)22(12-14-8-10-16(29-2)11-9-14)23(21-18)13-15-6-4-5-7-17(15)24(27)28/h4-11,21,26H,3,12-13H2,1-2H3. The average molecular weight is 414 g/mol. The topological polar surface area (TPSA) is 117 Å². The molecule has 10 nitrogen and oxygen atoms in total. The fourth-order valence-electron chi connectivity index (χ4n) is 2.99. The molecular weight excluding hydrogens is 392 g/mol. The molecule has 3 rings (SSSR count). The van der Waals surface area contributed by atoms with Gasteiger partial charge < -0.3 is 14.6 Å². The molecular formula is C20H22N4O6. The van der Waals surface area contributed by atoms with Crippen molar-refractivity contribution in [3.8, 4) is 5.75 Å². The molecule has 1 amide bonds. The van der Waals surface area contributed by atoms with E-state index in [0.717, 1.165) is 5.56 Å². The Balaban J connectivity index is 1.92. The fourth-order valence-corrected chi connectivity index (χ4v) is 2.99. The lowest BCUT2D eigenvalue weighted by Crippen LogP contribution is -2.42. The van der Waals surface area contributed by atoms with E-state index in [1.807, 2.05) is 0 Å². The summed E-state index contributed by atoms with van der Waals surface area (Å²) in [5, 5.41) is 24.2. The number of aliphatic hydroxyl groups is 1. The molecule has 1 fully saturated rings. The number of nitro benzene ring substituents is 1. The monoisotopic (exact) mass is 414 g/mol. The van der Waals surface area contributed by atoms with Gasteiger partial charge in [-0.1, -0.05) is 30.3 Å². The summed E-state index contributed by atoms with van der Waals surface area (Å²) >= 11 is 0. The number of benzene rings is 2. The van der Waals surface area contributed by atoms with E-state index in [9.17, 15) is 20.0 Å². The van der Waals surface area contributed by atoms with Crippen LogP contribution in [-0.4, -0.2) is 39.8 Å². The molecule has 0 unspecified atom stereocenters. The van der Waals surface area contributed by atoms with Crippen LogP contribution in [0, 0.1) is 10.1 Å². The van der Waals surface area contributed by atoms with E-state index in [-0.39, 0.29) is 31.1 Å². The maximum Gasteiger partial charge on any atom is 0.308 e. The molecule has 158 valence electrons. The van der Waals surface area contributed by atoms with Crippen molar-refractivity contribution in [1.82, 2.24) is 15.6 Å². The number of nitrogens with zero attached hydrogens (tertiary/aromatic N) is 3. The van der Waals surface area contributed by atoms with Crippen molar-refractivity contribution in [1.29, 1.82) is 0 Å². The number of hydrogen-bond acceptors (Lipinski definition) is 8. The number of amides is 1. The summed E-state index contributed by atoms with van der Waals surface area (Å²) in [4.78, 5) is 23.8. The fraction of sp³-hybridized carbons (Fsp3) is 0.250. The molecule has 1 heterocycles. The molecule has 2 N–H and O–H groups in total. The molecule has 0 saturated carbocycles. The van der Waals surface area contributed by atoms with Gasteiger partial charge in [-0.25, -0.2) is 5.01 Å². The van der Waals surface area contributed by atoms with Crippen molar-refractivity contribution in [2.75, 3.05) is 13.7 Å². The second kappa shape index (κ2) is 9.14. The maximum atomic E-state index is 12.9. The van der Waals surface area contributed by atoms with Gasteiger partial charge in [-0.15, -0.1) is 5.12 Å². The first-order chi connectivity index (χ1) is 14.4. The molecule has 2 aromatic rings. The van der Waals surface area contributed by atoms with Crippen LogP contribution in [0.4, 0.5) is 5.69 Å². The van der Waals surface area contributed by atoms with E-state index < -0.39 is 16.8 Å². The van der Waals surface area contributed by atoms with Crippen molar-refractivity contribution in [2.45, 2.75) is 20.0 Å². The first kappa shape index (κ1) is 20.9. The second-order valence-electron chi connectivity index (χ2n) is 6.38. The van der Waals surface area contributed by atoms with E-state index >= 15 is 0 Å². The first-order valence-electron chi connectivity index (χ1n) is 9.21. The Bertz CT molecular complexity index is 960. The second-order valence-corrected chi connectivity index (χ2v) is 6.38. The first-order valence-corrected chi connectivity index (χ1v) is 9.21. The summed E-state index contributed by atoms with van der Waals surface area (Å²) < 4.78 is 10.2. The minimum Gasteiger partial charge on any atom is -0.497 e. The summed E-state index contributed by atoms with van der Waals surface area (Å²) in [5.41, 5.74) is 3.80. The van der Waals surface area contributed by atoms with Gasteiger partial charge in [0.25, 0.3) is 11.6 Å². The van der Waals surface area contributed by atoms with Gasteiger partial charge in [0.1, 0.15) is 5.75 Å². The highest BCUT2D eigenvalue weighted by Gasteiger charge is 2.37. The van der Waals surface area contributed by atoms with Gasteiger partial charge in [0.15, 0.2) is 5.70 Å². The van der Waals surface area contributed by atoms with E-state index in [4.69, 9.17) is 9.47 Å². The summed E-state index contributed by atoms with van der Waals surface area (Å²) in [6, 6.07) is 13.4. The van der Waals surface area contributed by atoms with Crippen LogP contribution in [0.15, 0.2) is 60.2 Å². The van der Waals surface area contributed by atoms with E-state index in [2.05, 4.69) is 5.43 Å². The molecule has 0 aromatic heterocycles. The van der Waals surface area contributed by atoms with Crippen molar-refractivity contribution in [3.63, 3.8) is 0 Å². The quantitative estimate of drug-likeness (QED) is 0.293. The van der Waals surface area contributed by atoms with Gasteiger partial charge in [0, 0.05) is 11.6 Å². The lowest BCUT2D eigenvalue weighted by Gasteiger charge is -2.26. The van der Waals surface area contributed by atoms with Crippen LogP contribution in [0.2, 0.25) is 0 Å². The molecule has 0 aliphatic carbocycles. The highest BCUT2D eigenvalue weighted by Crippen LogP contribution is 2.25. The van der Waals surface area contributed by atoms with Crippen LogP contribution in [0.5, 0.6) is 5.75 Å². The number of hydrogen-bond donors (Lipinski definition) is 2. The third-order valence-corrected chi connectivity index (χ3v) is 4.48. The summed E-state index contributed by atoms with van der Waals surface area (Å²) in [6.07, 6.45) is 0. The zero-order valence-corrected chi connectivity index (χ0v) is 16.6.